The SMILES string of the molecule is Cc1noc(N)c1C(=O)OCC(=O)N[C@H](C)c1cccs1. The molecule has 112 valence electrons. The van der Waals surface area contributed by atoms with Crippen LogP contribution in [0.25, 0.3) is 0 Å². The molecule has 2 aromatic heterocycles. The standard InChI is InChI=1S/C13H15N3O4S/c1-7(9-4-3-5-21-9)15-10(17)6-19-13(18)11-8(2)16-20-12(11)14/h3-5,7H,6,14H2,1-2H3,(H,15,17)/t7-/m1/s1. The summed E-state index contributed by atoms with van der Waals surface area (Å²) in [6.07, 6.45) is 0. The van der Waals surface area contributed by atoms with Gasteiger partial charge in [-0.25, -0.2) is 4.79 Å². The fourth-order valence-corrected chi connectivity index (χ4v) is 2.47. The van der Waals surface area contributed by atoms with E-state index in [9.17, 15) is 9.59 Å². The van der Waals surface area contributed by atoms with Gasteiger partial charge in [-0.2, -0.15) is 0 Å². The van der Waals surface area contributed by atoms with Crippen molar-refractivity contribution in [3.05, 3.63) is 33.6 Å². The van der Waals surface area contributed by atoms with Gasteiger partial charge in [0.25, 0.3) is 5.91 Å². The zero-order valence-corrected chi connectivity index (χ0v) is 12.4. The third kappa shape index (κ3) is 3.60. The number of nitrogens with zero attached hydrogens (tertiary/aromatic N) is 1. The molecule has 0 spiro atoms. The van der Waals surface area contributed by atoms with Crippen molar-refractivity contribution < 1.29 is 18.8 Å². The van der Waals surface area contributed by atoms with Crippen LogP contribution >= 0.6 is 11.3 Å². The summed E-state index contributed by atoms with van der Waals surface area (Å²) in [7, 11) is 0. The van der Waals surface area contributed by atoms with Crippen molar-refractivity contribution in [1.82, 2.24) is 10.5 Å². The van der Waals surface area contributed by atoms with E-state index in [2.05, 4.69) is 15.0 Å². The number of rotatable bonds is 5. The molecule has 0 saturated heterocycles. The van der Waals surface area contributed by atoms with E-state index in [-0.39, 0.29) is 17.5 Å². The smallest absolute Gasteiger partial charge is 0.346 e. The second kappa shape index (κ2) is 6.40. The second-order valence-electron chi connectivity index (χ2n) is 4.39. The molecule has 1 amide bonds. The third-order valence-corrected chi connectivity index (χ3v) is 3.83. The fraction of sp³-hybridized carbons (Fsp3) is 0.308. The minimum atomic E-state index is -0.731. The number of aromatic nitrogens is 1. The molecule has 0 fully saturated rings. The number of carbonyl (C=O) groups excluding carboxylic acids is 2. The fourth-order valence-electron chi connectivity index (χ4n) is 1.73. The predicted octanol–water partition coefficient (Wildman–Crippen LogP) is 1.66. The number of thiophene rings is 1. The normalized spacial score (nSPS) is 11.9. The summed E-state index contributed by atoms with van der Waals surface area (Å²) in [4.78, 5) is 24.5. The summed E-state index contributed by atoms with van der Waals surface area (Å²) in [6.45, 7) is 3.03. The molecular weight excluding hydrogens is 294 g/mol. The van der Waals surface area contributed by atoms with E-state index in [1.54, 1.807) is 6.92 Å². The van der Waals surface area contributed by atoms with E-state index in [0.717, 1.165) is 4.88 Å². The van der Waals surface area contributed by atoms with E-state index < -0.39 is 18.5 Å². The molecule has 2 aromatic rings. The van der Waals surface area contributed by atoms with Crippen LogP contribution in [0, 0.1) is 6.92 Å². The van der Waals surface area contributed by atoms with Gasteiger partial charge in [-0.1, -0.05) is 11.2 Å². The van der Waals surface area contributed by atoms with Crippen LogP contribution in [-0.2, 0) is 9.53 Å². The van der Waals surface area contributed by atoms with Crippen LogP contribution in [0.2, 0.25) is 0 Å². The Bertz CT molecular complexity index is 616. The predicted molar refractivity (Wildman–Crippen MR) is 76.8 cm³/mol. The molecule has 0 bridgehead atoms. The maximum atomic E-state index is 11.8. The topological polar surface area (TPSA) is 107 Å². The Labute approximate surface area is 125 Å². The Morgan fingerprint density at radius 1 is 1.57 bits per heavy atom. The van der Waals surface area contributed by atoms with Gasteiger partial charge in [-0.05, 0) is 25.3 Å². The van der Waals surface area contributed by atoms with Crippen LogP contribution in [-0.4, -0.2) is 23.6 Å². The number of hydrogen-bond donors (Lipinski definition) is 2. The van der Waals surface area contributed by atoms with E-state index >= 15 is 0 Å². The van der Waals surface area contributed by atoms with Crippen LogP contribution in [0.5, 0.6) is 0 Å². The average Bonchev–Trinajstić information content (AvgIpc) is 3.06. The molecule has 8 heteroatoms. The van der Waals surface area contributed by atoms with Gasteiger partial charge in [-0.3, -0.25) is 4.79 Å². The Balaban J connectivity index is 1.85. The van der Waals surface area contributed by atoms with Crippen molar-refractivity contribution in [1.29, 1.82) is 0 Å². The molecule has 1 atom stereocenters. The quantitative estimate of drug-likeness (QED) is 0.813. The van der Waals surface area contributed by atoms with Gasteiger partial charge >= 0.3 is 5.97 Å². The van der Waals surface area contributed by atoms with E-state index in [0.29, 0.717) is 5.69 Å². The van der Waals surface area contributed by atoms with Gasteiger partial charge < -0.3 is 20.3 Å². The first-order valence-corrected chi connectivity index (χ1v) is 7.08. The van der Waals surface area contributed by atoms with Crippen molar-refractivity contribution in [3.8, 4) is 0 Å². The van der Waals surface area contributed by atoms with Crippen molar-refractivity contribution in [2.45, 2.75) is 19.9 Å². The molecule has 0 unspecified atom stereocenters. The number of carbonyl (C=O) groups is 2. The number of nitrogen functional groups attached to an aromatic ring is 1. The Morgan fingerprint density at radius 2 is 2.33 bits per heavy atom. The Morgan fingerprint density at radius 3 is 2.90 bits per heavy atom. The molecular formula is C13H15N3O4S. The van der Waals surface area contributed by atoms with Gasteiger partial charge in [-0.15, -0.1) is 11.3 Å². The lowest BCUT2D eigenvalue weighted by atomic mass is 10.2. The lowest BCUT2D eigenvalue weighted by Gasteiger charge is -2.12. The highest BCUT2D eigenvalue weighted by molar-refractivity contribution is 7.10. The highest BCUT2D eigenvalue weighted by Gasteiger charge is 2.21. The molecule has 3 N–H and O–H groups in total. The lowest BCUT2D eigenvalue weighted by molar-refractivity contribution is -0.124. The van der Waals surface area contributed by atoms with E-state index in [4.69, 9.17) is 10.5 Å². The summed E-state index contributed by atoms with van der Waals surface area (Å²) in [6, 6.07) is 3.68. The maximum Gasteiger partial charge on any atom is 0.346 e. The van der Waals surface area contributed by atoms with Crippen LogP contribution < -0.4 is 11.1 Å². The highest BCUT2D eigenvalue weighted by atomic mass is 32.1. The Kier molecular flexibility index (Phi) is 4.59. The van der Waals surface area contributed by atoms with Crippen molar-refractivity contribution in [3.63, 3.8) is 0 Å². The summed E-state index contributed by atoms with van der Waals surface area (Å²) in [5.41, 5.74) is 5.84. The molecule has 0 aromatic carbocycles. The first kappa shape index (κ1) is 15.0. The highest BCUT2D eigenvalue weighted by Crippen LogP contribution is 2.18. The molecule has 0 aliphatic rings. The number of nitrogens with two attached hydrogens (primary N) is 1. The Hall–Kier alpha value is -2.35. The molecule has 0 aliphatic carbocycles. The maximum absolute atomic E-state index is 11.8. The van der Waals surface area contributed by atoms with Gasteiger partial charge in [0.05, 0.1) is 11.7 Å². The number of esters is 1. The molecule has 0 radical (unpaired) electrons. The average molecular weight is 309 g/mol. The van der Waals surface area contributed by atoms with Crippen LogP contribution in [0.1, 0.15) is 33.9 Å². The van der Waals surface area contributed by atoms with Crippen LogP contribution in [0.3, 0.4) is 0 Å². The summed E-state index contributed by atoms with van der Waals surface area (Å²) >= 11 is 1.54. The molecule has 21 heavy (non-hydrogen) atoms. The summed E-state index contributed by atoms with van der Waals surface area (Å²) < 4.78 is 9.57. The van der Waals surface area contributed by atoms with Crippen LogP contribution in [0.15, 0.2) is 22.0 Å². The number of anilines is 1. The number of aryl methyl sites for hydroxylation is 1. The largest absolute Gasteiger partial charge is 0.452 e. The minimum Gasteiger partial charge on any atom is -0.452 e. The van der Waals surface area contributed by atoms with Gasteiger partial charge in [0.1, 0.15) is 5.56 Å². The number of hydrogen-bond acceptors (Lipinski definition) is 7. The summed E-state index contributed by atoms with van der Waals surface area (Å²) in [5.74, 6) is -1.24. The van der Waals surface area contributed by atoms with Crippen molar-refractivity contribution >= 4 is 29.1 Å². The van der Waals surface area contributed by atoms with E-state index in [1.165, 1.54) is 11.3 Å². The molecule has 0 saturated carbocycles. The molecule has 7 nitrogen and oxygen atoms in total. The number of amides is 1. The first-order valence-electron chi connectivity index (χ1n) is 6.20. The first-order chi connectivity index (χ1) is 9.99. The van der Waals surface area contributed by atoms with Gasteiger partial charge in [0.15, 0.2) is 6.61 Å². The zero-order chi connectivity index (χ0) is 15.4. The van der Waals surface area contributed by atoms with E-state index in [1.807, 2.05) is 24.4 Å². The summed E-state index contributed by atoms with van der Waals surface area (Å²) in [5, 5.41) is 8.21. The minimum absolute atomic E-state index is 0.0501. The van der Waals surface area contributed by atoms with Crippen molar-refractivity contribution in [2.24, 2.45) is 0 Å². The van der Waals surface area contributed by atoms with Gasteiger partial charge in [0, 0.05) is 4.88 Å². The molecule has 0 aliphatic heterocycles. The van der Waals surface area contributed by atoms with Gasteiger partial charge in [0.2, 0.25) is 5.88 Å². The number of nitrogens with one attached hydrogen (secondary N) is 1. The zero-order valence-electron chi connectivity index (χ0n) is 11.6. The molecule has 2 heterocycles. The third-order valence-electron chi connectivity index (χ3n) is 2.78. The second-order valence-corrected chi connectivity index (χ2v) is 5.37. The molecule has 2 rings (SSSR count). The van der Waals surface area contributed by atoms with Crippen molar-refractivity contribution in [2.75, 3.05) is 12.3 Å². The monoisotopic (exact) mass is 309 g/mol. The number of ether oxygens (including phenoxy) is 1. The lowest BCUT2D eigenvalue weighted by Crippen LogP contribution is -2.30. The van der Waals surface area contributed by atoms with Crippen LogP contribution in [0.4, 0.5) is 5.88 Å².